The van der Waals surface area contributed by atoms with Crippen LogP contribution >= 0.6 is 0 Å². The van der Waals surface area contributed by atoms with Gasteiger partial charge in [0.2, 0.25) is 5.91 Å². The van der Waals surface area contributed by atoms with Gasteiger partial charge in [0.15, 0.2) is 0 Å². The molecule has 0 unspecified atom stereocenters. The van der Waals surface area contributed by atoms with E-state index in [9.17, 15) is 4.79 Å². The molecular formula is C8H13N3O. The summed E-state index contributed by atoms with van der Waals surface area (Å²) in [5.41, 5.74) is 5.52. The molecule has 0 aromatic rings. The fraction of sp³-hybridized carbons (Fsp3) is 0.500. The number of amides is 1. The molecule has 0 saturated carbocycles. The zero-order chi connectivity index (χ0) is 9.72. The minimum atomic E-state index is -0.588. The molecule has 0 aliphatic heterocycles. The molecule has 0 heterocycles. The lowest BCUT2D eigenvalue weighted by Crippen LogP contribution is -2.43. The molecule has 0 aliphatic rings. The van der Waals surface area contributed by atoms with Crippen LogP contribution in [0.15, 0.2) is 12.3 Å². The summed E-state index contributed by atoms with van der Waals surface area (Å²) in [6, 6.07) is 1.12. The van der Waals surface area contributed by atoms with Gasteiger partial charge in [0.25, 0.3) is 0 Å². The number of carbonyl (C=O) groups excluding carboxylic acids is 1. The number of nitrogens with zero attached hydrogens (tertiary/aromatic N) is 1. The number of nitrogens with one attached hydrogen (secondary N) is 1. The molecule has 66 valence electrons. The van der Waals surface area contributed by atoms with Gasteiger partial charge in [0, 0.05) is 0 Å². The van der Waals surface area contributed by atoms with Crippen LogP contribution in [0.25, 0.3) is 0 Å². The van der Waals surface area contributed by atoms with Gasteiger partial charge in [0.1, 0.15) is 11.8 Å². The SMILES string of the molecule is C=C(C#N)NC(=O)[C@@H](N)C(C)C. The normalized spacial score (nSPS) is 11.9. The first kappa shape index (κ1) is 10.7. The Morgan fingerprint density at radius 2 is 2.17 bits per heavy atom. The summed E-state index contributed by atoms with van der Waals surface area (Å²) in [5.74, 6) is -0.312. The Balaban J connectivity index is 4.07. The minimum absolute atomic E-state index is 0.0242. The summed E-state index contributed by atoms with van der Waals surface area (Å²) in [6.45, 7) is 6.97. The Morgan fingerprint density at radius 3 is 2.50 bits per heavy atom. The smallest absolute Gasteiger partial charge is 0.242 e. The Morgan fingerprint density at radius 1 is 1.67 bits per heavy atom. The standard InChI is InChI=1S/C8H13N3O/c1-5(2)7(10)8(12)11-6(3)4-9/h5,7H,3,10H2,1-2H3,(H,11,12)/t7-/m0/s1. The van der Waals surface area contributed by atoms with Crippen LogP contribution in [-0.2, 0) is 4.79 Å². The van der Waals surface area contributed by atoms with E-state index in [-0.39, 0.29) is 17.5 Å². The summed E-state index contributed by atoms with van der Waals surface area (Å²) < 4.78 is 0. The highest BCUT2D eigenvalue weighted by Crippen LogP contribution is 1.98. The first-order chi connectivity index (χ1) is 5.49. The fourth-order valence-electron chi connectivity index (χ4n) is 0.563. The summed E-state index contributed by atoms with van der Waals surface area (Å²) in [5, 5.41) is 10.6. The lowest BCUT2D eigenvalue weighted by Gasteiger charge is -2.13. The van der Waals surface area contributed by atoms with Crippen LogP contribution in [0.3, 0.4) is 0 Å². The van der Waals surface area contributed by atoms with Gasteiger partial charge in [-0.3, -0.25) is 4.79 Å². The zero-order valence-electron chi connectivity index (χ0n) is 7.29. The monoisotopic (exact) mass is 167 g/mol. The van der Waals surface area contributed by atoms with E-state index in [4.69, 9.17) is 11.0 Å². The van der Waals surface area contributed by atoms with Crippen molar-refractivity contribution in [3.63, 3.8) is 0 Å². The number of nitrogens with two attached hydrogens (primary N) is 1. The summed E-state index contributed by atoms with van der Waals surface area (Å²) in [7, 11) is 0. The molecule has 0 aromatic carbocycles. The molecule has 0 fully saturated rings. The maximum atomic E-state index is 11.1. The highest BCUT2D eigenvalue weighted by molar-refractivity contribution is 5.83. The molecule has 0 spiro atoms. The molecule has 3 N–H and O–H groups in total. The van der Waals surface area contributed by atoms with Crippen molar-refractivity contribution < 1.29 is 4.79 Å². The summed E-state index contributed by atoms with van der Waals surface area (Å²) >= 11 is 0. The van der Waals surface area contributed by atoms with E-state index in [1.54, 1.807) is 6.07 Å². The fourth-order valence-corrected chi connectivity index (χ4v) is 0.563. The third kappa shape index (κ3) is 3.17. The largest absolute Gasteiger partial charge is 0.320 e. The Kier molecular flexibility index (Phi) is 4.02. The van der Waals surface area contributed by atoms with Gasteiger partial charge in [-0.05, 0) is 5.92 Å². The van der Waals surface area contributed by atoms with Gasteiger partial charge >= 0.3 is 0 Å². The molecule has 0 bridgehead atoms. The highest BCUT2D eigenvalue weighted by Gasteiger charge is 2.16. The van der Waals surface area contributed by atoms with Gasteiger partial charge in [-0.2, -0.15) is 5.26 Å². The first-order valence-corrected chi connectivity index (χ1v) is 3.64. The summed E-state index contributed by atoms with van der Waals surface area (Å²) in [4.78, 5) is 11.1. The van der Waals surface area contributed by atoms with Crippen LogP contribution in [0.5, 0.6) is 0 Å². The van der Waals surface area contributed by atoms with Gasteiger partial charge in [0.05, 0.1) is 6.04 Å². The van der Waals surface area contributed by atoms with Crippen molar-refractivity contribution in [3.05, 3.63) is 12.3 Å². The van der Waals surface area contributed by atoms with Crippen molar-refractivity contribution in [3.8, 4) is 6.07 Å². The van der Waals surface area contributed by atoms with Crippen molar-refractivity contribution >= 4 is 5.91 Å². The van der Waals surface area contributed by atoms with E-state index >= 15 is 0 Å². The lowest BCUT2D eigenvalue weighted by atomic mass is 10.1. The predicted molar refractivity (Wildman–Crippen MR) is 45.7 cm³/mol. The molecule has 0 saturated heterocycles. The number of carbonyl (C=O) groups is 1. The number of hydrogen-bond acceptors (Lipinski definition) is 3. The van der Waals surface area contributed by atoms with Crippen LogP contribution in [0, 0.1) is 17.2 Å². The molecular weight excluding hydrogens is 154 g/mol. The minimum Gasteiger partial charge on any atom is -0.320 e. The number of nitriles is 1. The van der Waals surface area contributed by atoms with Crippen molar-refractivity contribution in [1.82, 2.24) is 5.32 Å². The van der Waals surface area contributed by atoms with Crippen molar-refractivity contribution in [2.75, 3.05) is 0 Å². The van der Waals surface area contributed by atoms with Gasteiger partial charge in [-0.25, -0.2) is 0 Å². The molecule has 0 aliphatic carbocycles. The number of hydrogen-bond donors (Lipinski definition) is 2. The third-order valence-corrected chi connectivity index (χ3v) is 1.43. The maximum Gasteiger partial charge on any atom is 0.242 e. The average Bonchev–Trinajstić information content (AvgIpc) is 2.02. The molecule has 4 heteroatoms. The van der Waals surface area contributed by atoms with Crippen molar-refractivity contribution in [2.45, 2.75) is 19.9 Å². The maximum absolute atomic E-state index is 11.1. The number of allylic oxidation sites excluding steroid dienone is 1. The van der Waals surface area contributed by atoms with Crippen LogP contribution in [0.4, 0.5) is 0 Å². The van der Waals surface area contributed by atoms with E-state index in [0.29, 0.717) is 0 Å². The Labute approximate surface area is 72.0 Å². The van der Waals surface area contributed by atoms with E-state index in [1.807, 2.05) is 13.8 Å². The lowest BCUT2D eigenvalue weighted by molar-refractivity contribution is -0.122. The Bertz CT molecular complexity index is 227. The molecule has 0 rings (SSSR count). The number of rotatable bonds is 3. The van der Waals surface area contributed by atoms with E-state index in [0.717, 1.165) is 0 Å². The third-order valence-electron chi connectivity index (χ3n) is 1.43. The molecule has 4 nitrogen and oxygen atoms in total. The van der Waals surface area contributed by atoms with E-state index in [2.05, 4.69) is 11.9 Å². The second-order valence-corrected chi connectivity index (χ2v) is 2.85. The van der Waals surface area contributed by atoms with Crippen LogP contribution in [0.1, 0.15) is 13.8 Å². The second kappa shape index (κ2) is 4.52. The van der Waals surface area contributed by atoms with Gasteiger partial charge in [-0.15, -0.1) is 0 Å². The van der Waals surface area contributed by atoms with Gasteiger partial charge < -0.3 is 11.1 Å². The van der Waals surface area contributed by atoms with E-state index < -0.39 is 6.04 Å². The van der Waals surface area contributed by atoms with Crippen molar-refractivity contribution in [2.24, 2.45) is 11.7 Å². The zero-order valence-corrected chi connectivity index (χ0v) is 7.29. The highest BCUT2D eigenvalue weighted by atomic mass is 16.2. The van der Waals surface area contributed by atoms with Crippen LogP contribution < -0.4 is 11.1 Å². The molecule has 12 heavy (non-hydrogen) atoms. The average molecular weight is 167 g/mol. The van der Waals surface area contributed by atoms with Crippen molar-refractivity contribution in [1.29, 1.82) is 5.26 Å². The first-order valence-electron chi connectivity index (χ1n) is 3.64. The molecule has 1 atom stereocenters. The van der Waals surface area contributed by atoms with E-state index in [1.165, 1.54) is 0 Å². The van der Waals surface area contributed by atoms with Crippen LogP contribution in [-0.4, -0.2) is 11.9 Å². The predicted octanol–water partition coefficient (Wildman–Crippen LogP) is 0.123. The van der Waals surface area contributed by atoms with Gasteiger partial charge in [-0.1, -0.05) is 20.4 Å². The second-order valence-electron chi connectivity index (χ2n) is 2.85. The summed E-state index contributed by atoms with van der Waals surface area (Å²) in [6.07, 6.45) is 0. The Hall–Kier alpha value is -1.34. The quantitative estimate of drug-likeness (QED) is 0.586. The van der Waals surface area contributed by atoms with Crippen LogP contribution in [0.2, 0.25) is 0 Å². The topological polar surface area (TPSA) is 78.9 Å². The molecule has 1 amide bonds. The molecule has 0 aromatic heterocycles. The molecule has 0 radical (unpaired) electrons.